The molecule has 0 fully saturated rings. The van der Waals surface area contributed by atoms with Gasteiger partial charge in [0.05, 0.1) is 6.61 Å². The van der Waals surface area contributed by atoms with Crippen LogP contribution in [-0.2, 0) is 4.79 Å². The van der Waals surface area contributed by atoms with Crippen LogP contribution in [0.3, 0.4) is 0 Å². The lowest BCUT2D eigenvalue weighted by Crippen LogP contribution is -2.30. The molecule has 0 radical (unpaired) electrons. The zero-order chi connectivity index (χ0) is 23.0. The summed E-state index contributed by atoms with van der Waals surface area (Å²) in [6, 6.07) is 29.6. The minimum atomic E-state index is -0.412. The fourth-order valence-corrected chi connectivity index (χ4v) is 3.46. The second-order valence-corrected chi connectivity index (χ2v) is 7.36. The average molecular weight is 437 g/mol. The van der Waals surface area contributed by atoms with Gasteiger partial charge < -0.3 is 15.4 Å². The van der Waals surface area contributed by atoms with E-state index in [0.717, 1.165) is 22.1 Å². The topological polar surface area (TPSA) is 67.4 Å². The Morgan fingerprint density at radius 3 is 2.27 bits per heavy atom. The van der Waals surface area contributed by atoms with Crippen molar-refractivity contribution in [2.24, 2.45) is 0 Å². The predicted octanol–water partition coefficient (Wildman–Crippen LogP) is 5.65. The van der Waals surface area contributed by atoms with Gasteiger partial charge in [0, 0.05) is 16.6 Å². The minimum Gasteiger partial charge on any atom is -0.494 e. The van der Waals surface area contributed by atoms with Crippen LogP contribution in [0.1, 0.15) is 22.8 Å². The Labute approximate surface area is 192 Å². The lowest BCUT2D eigenvalue weighted by molar-refractivity contribution is -0.113. The van der Waals surface area contributed by atoms with E-state index in [0.29, 0.717) is 17.9 Å². The molecule has 2 amide bonds. The molecule has 0 saturated heterocycles. The molecule has 2 N–H and O–H groups in total. The summed E-state index contributed by atoms with van der Waals surface area (Å²) in [5.41, 5.74) is 2.04. The van der Waals surface area contributed by atoms with Gasteiger partial charge in [0.1, 0.15) is 11.4 Å². The zero-order valence-electron chi connectivity index (χ0n) is 18.2. The number of anilines is 1. The Balaban J connectivity index is 1.65. The highest BCUT2D eigenvalue weighted by molar-refractivity contribution is 6.13. The van der Waals surface area contributed by atoms with Crippen LogP contribution in [0.4, 0.5) is 5.69 Å². The second-order valence-electron chi connectivity index (χ2n) is 7.36. The molecule has 5 nitrogen and oxygen atoms in total. The lowest BCUT2D eigenvalue weighted by Gasteiger charge is -2.13. The molecule has 33 heavy (non-hydrogen) atoms. The molecule has 0 unspecified atom stereocenters. The van der Waals surface area contributed by atoms with E-state index >= 15 is 0 Å². The van der Waals surface area contributed by atoms with E-state index in [4.69, 9.17) is 4.74 Å². The Morgan fingerprint density at radius 1 is 0.818 bits per heavy atom. The summed E-state index contributed by atoms with van der Waals surface area (Å²) in [5.74, 6) is -0.0323. The molecule has 5 heteroatoms. The highest BCUT2D eigenvalue weighted by atomic mass is 16.5. The van der Waals surface area contributed by atoms with E-state index in [1.54, 1.807) is 30.3 Å². The smallest absolute Gasteiger partial charge is 0.272 e. The number of benzene rings is 4. The largest absolute Gasteiger partial charge is 0.494 e. The fourth-order valence-electron chi connectivity index (χ4n) is 3.46. The van der Waals surface area contributed by atoms with Crippen LogP contribution < -0.4 is 15.4 Å². The summed E-state index contributed by atoms with van der Waals surface area (Å²) in [6.07, 6.45) is 1.65. The number of fused-ring (bicyclic) bond motifs is 1. The summed E-state index contributed by atoms with van der Waals surface area (Å²) < 4.78 is 5.49. The van der Waals surface area contributed by atoms with Gasteiger partial charge in [0.2, 0.25) is 0 Å². The summed E-state index contributed by atoms with van der Waals surface area (Å²) in [7, 11) is 0. The number of hydrogen-bond donors (Lipinski definition) is 2. The molecule has 4 aromatic carbocycles. The number of carbonyl (C=O) groups excluding carboxylic acids is 2. The van der Waals surface area contributed by atoms with Crippen molar-refractivity contribution in [1.29, 1.82) is 0 Å². The molecule has 0 bridgehead atoms. The Bertz CT molecular complexity index is 1290. The minimum absolute atomic E-state index is 0.140. The molecule has 0 spiro atoms. The average Bonchev–Trinajstić information content (AvgIpc) is 2.85. The molecule has 4 rings (SSSR count). The van der Waals surface area contributed by atoms with Crippen LogP contribution in [0.2, 0.25) is 0 Å². The molecule has 0 saturated carbocycles. The number of amides is 2. The number of carbonyl (C=O) groups is 2. The molecule has 0 aliphatic rings. The third kappa shape index (κ3) is 5.46. The van der Waals surface area contributed by atoms with E-state index in [1.807, 2.05) is 79.7 Å². The molecular weight excluding hydrogens is 412 g/mol. The van der Waals surface area contributed by atoms with Gasteiger partial charge in [-0.2, -0.15) is 0 Å². The molecule has 4 aromatic rings. The van der Waals surface area contributed by atoms with E-state index in [2.05, 4.69) is 10.6 Å². The van der Waals surface area contributed by atoms with E-state index in [9.17, 15) is 9.59 Å². The van der Waals surface area contributed by atoms with Gasteiger partial charge in [-0.3, -0.25) is 9.59 Å². The highest BCUT2D eigenvalue weighted by Gasteiger charge is 2.16. The first-order valence-electron chi connectivity index (χ1n) is 10.7. The van der Waals surface area contributed by atoms with Crippen LogP contribution in [0.15, 0.2) is 103 Å². The standard InChI is InChI=1S/C28H24N2O3/c1-2-33-23-17-15-20(16-18-23)19-26(30-27(31)22-10-4-3-5-11-22)28(32)29-25-14-8-12-21-9-6-7-13-24(21)25/h3-19H,2H2,1H3,(H,29,32)(H,30,31)/b26-19-. The Hall–Kier alpha value is -4.38. The van der Waals surface area contributed by atoms with Crippen LogP contribution in [0, 0.1) is 0 Å². The molecule has 0 aromatic heterocycles. The van der Waals surface area contributed by atoms with Gasteiger partial charge in [-0.1, -0.05) is 66.7 Å². The molecule has 0 atom stereocenters. The van der Waals surface area contributed by atoms with Gasteiger partial charge in [-0.05, 0) is 54.3 Å². The van der Waals surface area contributed by atoms with Crippen molar-refractivity contribution in [1.82, 2.24) is 5.32 Å². The van der Waals surface area contributed by atoms with E-state index in [1.165, 1.54) is 0 Å². The molecular formula is C28H24N2O3. The first-order valence-corrected chi connectivity index (χ1v) is 10.7. The van der Waals surface area contributed by atoms with Crippen molar-refractivity contribution in [3.05, 3.63) is 114 Å². The maximum atomic E-state index is 13.3. The van der Waals surface area contributed by atoms with Crippen LogP contribution in [0.25, 0.3) is 16.8 Å². The van der Waals surface area contributed by atoms with Crippen molar-refractivity contribution in [2.45, 2.75) is 6.92 Å². The van der Waals surface area contributed by atoms with Gasteiger partial charge in [-0.15, -0.1) is 0 Å². The second kappa shape index (κ2) is 10.3. The van der Waals surface area contributed by atoms with E-state index in [-0.39, 0.29) is 11.6 Å². The third-order valence-corrected chi connectivity index (χ3v) is 5.07. The number of nitrogens with one attached hydrogen (secondary N) is 2. The highest BCUT2D eigenvalue weighted by Crippen LogP contribution is 2.23. The summed E-state index contributed by atoms with van der Waals surface area (Å²) in [5, 5.41) is 7.65. The molecule has 164 valence electrons. The molecule has 0 aliphatic heterocycles. The maximum Gasteiger partial charge on any atom is 0.272 e. The Morgan fingerprint density at radius 2 is 1.52 bits per heavy atom. The summed E-state index contributed by atoms with van der Waals surface area (Å²) >= 11 is 0. The molecule has 0 aliphatic carbocycles. The van der Waals surface area contributed by atoms with Gasteiger partial charge in [0.15, 0.2) is 0 Å². The first-order chi connectivity index (χ1) is 16.1. The summed E-state index contributed by atoms with van der Waals surface area (Å²) in [6.45, 7) is 2.49. The van der Waals surface area contributed by atoms with Gasteiger partial charge in [-0.25, -0.2) is 0 Å². The van der Waals surface area contributed by atoms with Gasteiger partial charge in [0.25, 0.3) is 11.8 Å². The number of rotatable bonds is 7. The van der Waals surface area contributed by atoms with Crippen molar-refractivity contribution < 1.29 is 14.3 Å². The lowest BCUT2D eigenvalue weighted by atomic mass is 10.1. The first kappa shape index (κ1) is 21.8. The predicted molar refractivity (Wildman–Crippen MR) is 132 cm³/mol. The number of ether oxygens (including phenoxy) is 1. The third-order valence-electron chi connectivity index (χ3n) is 5.07. The SMILES string of the molecule is CCOc1ccc(/C=C(\NC(=O)c2ccccc2)C(=O)Nc2cccc3ccccc23)cc1. The van der Waals surface area contributed by atoms with Crippen molar-refractivity contribution in [3.8, 4) is 5.75 Å². The quantitative estimate of drug-likeness (QED) is 0.368. The monoisotopic (exact) mass is 436 g/mol. The van der Waals surface area contributed by atoms with Gasteiger partial charge >= 0.3 is 0 Å². The Kier molecular flexibility index (Phi) is 6.81. The van der Waals surface area contributed by atoms with Crippen LogP contribution >= 0.6 is 0 Å². The van der Waals surface area contributed by atoms with Crippen molar-refractivity contribution >= 4 is 34.4 Å². The maximum absolute atomic E-state index is 13.3. The normalized spacial score (nSPS) is 11.1. The number of hydrogen-bond acceptors (Lipinski definition) is 3. The fraction of sp³-hybridized carbons (Fsp3) is 0.0714. The molecule has 0 heterocycles. The van der Waals surface area contributed by atoms with E-state index < -0.39 is 5.91 Å². The summed E-state index contributed by atoms with van der Waals surface area (Å²) in [4.78, 5) is 26.1. The van der Waals surface area contributed by atoms with Crippen LogP contribution in [0.5, 0.6) is 5.75 Å². The van der Waals surface area contributed by atoms with Crippen molar-refractivity contribution in [2.75, 3.05) is 11.9 Å². The van der Waals surface area contributed by atoms with Crippen LogP contribution in [-0.4, -0.2) is 18.4 Å². The zero-order valence-corrected chi connectivity index (χ0v) is 18.2. The van der Waals surface area contributed by atoms with Crippen molar-refractivity contribution in [3.63, 3.8) is 0 Å².